The van der Waals surface area contributed by atoms with Crippen LogP contribution in [0.4, 0.5) is 4.39 Å². The van der Waals surface area contributed by atoms with Crippen LogP contribution in [-0.2, 0) is 6.42 Å². The van der Waals surface area contributed by atoms with Gasteiger partial charge in [-0.25, -0.2) is 4.39 Å². The summed E-state index contributed by atoms with van der Waals surface area (Å²) in [5.74, 6) is -0.131. The molecule has 0 nitrogen and oxygen atoms in total. The number of rotatable bonds is 4. The molecule has 0 atom stereocenters. The molecule has 0 spiro atoms. The molecule has 0 aliphatic rings. The van der Waals surface area contributed by atoms with Crippen LogP contribution >= 0.6 is 0 Å². The predicted molar refractivity (Wildman–Crippen MR) is 74.8 cm³/mol. The Morgan fingerprint density at radius 3 is 2.17 bits per heavy atom. The largest absolute Gasteiger partial charge is 0.211 e. The Labute approximate surface area is 107 Å². The summed E-state index contributed by atoms with van der Waals surface area (Å²) < 4.78 is 13.6. The highest BCUT2D eigenvalue weighted by atomic mass is 19.1. The number of benzene rings is 2. The topological polar surface area (TPSA) is 0 Å². The van der Waals surface area contributed by atoms with E-state index in [0.29, 0.717) is 6.42 Å². The molecule has 0 amide bonds. The second-order valence-electron chi connectivity index (χ2n) is 4.05. The second-order valence-corrected chi connectivity index (χ2v) is 4.05. The minimum atomic E-state index is -0.131. The average Bonchev–Trinajstić information content (AvgIpc) is 2.41. The van der Waals surface area contributed by atoms with E-state index in [1.165, 1.54) is 6.08 Å². The van der Waals surface area contributed by atoms with Crippen molar-refractivity contribution in [1.82, 2.24) is 0 Å². The van der Waals surface area contributed by atoms with E-state index >= 15 is 0 Å². The SMILES string of the molecule is F/C(=C\C=C\c1ccccc1)Cc1ccccc1. The maximum Gasteiger partial charge on any atom is 0.104 e. The lowest BCUT2D eigenvalue weighted by atomic mass is 10.1. The molecule has 0 heterocycles. The highest BCUT2D eigenvalue weighted by Crippen LogP contribution is 2.09. The molecule has 0 radical (unpaired) electrons. The molecule has 0 aliphatic heterocycles. The zero-order chi connectivity index (χ0) is 12.6. The van der Waals surface area contributed by atoms with Crippen LogP contribution in [0.2, 0.25) is 0 Å². The van der Waals surface area contributed by atoms with Gasteiger partial charge in [-0.15, -0.1) is 0 Å². The molecule has 18 heavy (non-hydrogen) atoms. The molecule has 0 fully saturated rings. The van der Waals surface area contributed by atoms with Crippen LogP contribution in [-0.4, -0.2) is 0 Å². The third kappa shape index (κ3) is 4.02. The van der Waals surface area contributed by atoms with Crippen molar-refractivity contribution in [3.8, 4) is 0 Å². The first kappa shape index (κ1) is 12.3. The Morgan fingerprint density at radius 1 is 0.889 bits per heavy atom. The van der Waals surface area contributed by atoms with Crippen molar-refractivity contribution in [3.05, 3.63) is 89.8 Å². The number of hydrogen-bond acceptors (Lipinski definition) is 0. The molecule has 1 heteroatoms. The molecule has 0 bridgehead atoms. The van der Waals surface area contributed by atoms with Crippen molar-refractivity contribution in [2.45, 2.75) is 6.42 Å². The fourth-order valence-electron chi connectivity index (χ4n) is 1.68. The smallest absolute Gasteiger partial charge is 0.104 e. The number of allylic oxidation sites excluding steroid dienone is 3. The fraction of sp³-hybridized carbons (Fsp3) is 0.0588. The van der Waals surface area contributed by atoms with Crippen molar-refractivity contribution in [3.63, 3.8) is 0 Å². The van der Waals surface area contributed by atoms with Crippen LogP contribution < -0.4 is 0 Å². The van der Waals surface area contributed by atoms with E-state index in [9.17, 15) is 4.39 Å². The third-order valence-electron chi connectivity index (χ3n) is 2.58. The molecule has 0 unspecified atom stereocenters. The Morgan fingerprint density at radius 2 is 1.50 bits per heavy atom. The molecule has 0 saturated carbocycles. The lowest BCUT2D eigenvalue weighted by Gasteiger charge is -1.96. The first-order valence-corrected chi connectivity index (χ1v) is 5.96. The van der Waals surface area contributed by atoms with E-state index in [-0.39, 0.29) is 5.83 Å². The van der Waals surface area contributed by atoms with E-state index < -0.39 is 0 Å². The van der Waals surface area contributed by atoms with Gasteiger partial charge in [-0.3, -0.25) is 0 Å². The van der Waals surface area contributed by atoms with Gasteiger partial charge >= 0.3 is 0 Å². The van der Waals surface area contributed by atoms with Gasteiger partial charge in [0.1, 0.15) is 5.83 Å². The standard InChI is InChI=1S/C17H15F/c18-17(14-16-10-5-2-6-11-16)13-7-12-15-8-3-1-4-9-15/h1-13H,14H2/b12-7+,17-13-. The summed E-state index contributed by atoms with van der Waals surface area (Å²) in [5.41, 5.74) is 2.06. The second kappa shape index (κ2) is 6.55. The fourth-order valence-corrected chi connectivity index (χ4v) is 1.68. The van der Waals surface area contributed by atoms with Gasteiger partial charge in [0.05, 0.1) is 0 Å². The zero-order valence-electron chi connectivity index (χ0n) is 10.1. The summed E-state index contributed by atoms with van der Waals surface area (Å²) in [6, 6.07) is 19.5. The first-order valence-electron chi connectivity index (χ1n) is 5.96. The van der Waals surface area contributed by atoms with Crippen LogP contribution in [0.15, 0.2) is 78.6 Å². The van der Waals surface area contributed by atoms with Gasteiger partial charge in [0, 0.05) is 6.42 Å². The van der Waals surface area contributed by atoms with Gasteiger partial charge in [0.25, 0.3) is 0 Å². The number of halogens is 1. The molecule has 2 aromatic carbocycles. The number of hydrogen-bond donors (Lipinski definition) is 0. The highest BCUT2D eigenvalue weighted by molar-refractivity contribution is 5.50. The van der Waals surface area contributed by atoms with Crippen LogP contribution in [0, 0.1) is 0 Å². The van der Waals surface area contributed by atoms with Crippen LogP contribution in [0.3, 0.4) is 0 Å². The highest BCUT2D eigenvalue weighted by Gasteiger charge is 1.95. The van der Waals surface area contributed by atoms with Crippen LogP contribution in [0.25, 0.3) is 6.08 Å². The van der Waals surface area contributed by atoms with Gasteiger partial charge in [0.15, 0.2) is 0 Å². The summed E-state index contributed by atoms with van der Waals surface area (Å²) in [7, 11) is 0. The van der Waals surface area contributed by atoms with Gasteiger partial charge in [0.2, 0.25) is 0 Å². The predicted octanol–water partition coefficient (Wildman–Crippen LogP) is 4.80. The first-order chi connectivity index (χ1) is 8.84. The molecular weight excluding hydrogens is 223 g/mol. The zero-order valence-corrected chi connectivity index (χ0v) is 10.1. The molecular formula is C17H15F. The van der Waals surface area contributed by atoms with Crippen LogP contribution in [0.5, 0.6) is 0 Å². The summed E-state index contributed by atoms with van der Waals surface area (Å²) in [6.45, 7) is 0. The summed E-state index contributed by atoms with van der Waals surface area (Å²) in [5, 5.41) is 0. The summed E-state index contributed by atoms with van der Waals surface area (Å²) >= 11 is 0. The average molecular weight is 238 g/mol. The molecule has 2 aromatic rings. The quantitative estimate of drug-likeness (QED) is 0.671. The van der Waals surface area contributed by atoms with Crippen molar-refractivity contribution < 1.29 is 4.39 Å². The van der Waals surface area contributed by atoms with Crippen molar-refractivity contribution in [2.75, 3.05) is 0 Å². The minimum Gasteiger partial charge on any atom is -0.211 e. The maximum atomic E-state index is 13.6. The van der Waals surface area contributed by atoms with Crippen molar-refractivity contribution >= 4 is 6.08 Å². The lowest BCUT2D eigenvalue weighted by molar-refractivity contribution is 0.612. The van der Waals surface area contributed by atoms with E-state index in [1.54, 1.807) is 6.08 Å². The van der Waals surface area contributed by atoms with Crippen LogP contribution in [0.1, 0.15) is 11.1 Å². The van der Waals surface area contributed by atoms with E-state index in [0.717, 1.165) is 11.1 Å². The molecule has 2 rings (SSSR count). The van der Waals surface area contributed by atoms with Crippen molar-refractivity contribution in [2.24, 2.45) is 0 Å². The summed E-state index contributed by atoms with van der Waals surface area (Å²) in [4.78, 5) is 0. The molecule has 90 valence electrons. The van der Waals surface area contributed by atoms with Crippen molar-refractivity contribution in [1.29, 1.82) is 0 Å². The van der Waals surface area contributed by atoms with E-state index in [1.807, 2.05) is 66.7 Å². The molecule has 0 aromatic heterocycles. The Kier molecular flexibility index (Phi) is 4.48. The molecule has 0 N–H and O–H groups in total. The molecule has 0 saturated heterocycles. The summed E-state index contributed by atoms with van der Waals surface area (Å²) in [6.07, 6.45) is 5.50. The third-order valence-corrected chi connectivity index (χ3v) is 2.58. The van der Waals surface area contributed by atoms with E-state index in [2.05, 4.69) is 0 Å². The van der Waals surface area contributed by atoms with E-state index in [4.69, 9.17) is 0 Å². The van der Waals surface area contributed by atoms with Gasteiger partial charge in [-0.1, -0.05) is 72.8 Å². The lowest BCUT2D eigenvalue weighted by Crippen LogP contribution is -1.83. The molecule has 0 aliphatic carbocycles. The Balaban J connectivity index is 1.95. The van der Waals surface area contributed by atoms with Gasteiger partial charge in [-0.2, -0.15) is 0 Å². The maximum absolute atomic E-state index is 13.6. The Hall–Kier alpha value is -2.15. The minimum absolute atomic E-state index is 0.131. The monoisotopic (exact) mass is 238 g/mol. The van der Waals surface area contributed by atoms with Gasteiger partial charge in [-0.05, 0) is 17.2 Å². The Bertz CT molecular complexity index is 524. The normalized spacial score (nSPS) is 11.9. The van der Waals surface area contributed by atoms with Gasteiger partial charge < -0.3 is 0 Å².